The second kappa shape index (κ2) is 11.0. The van der Waals surface area contributed by atoms with Gasteiger partial charge in [-0.1, -0.05) is 13.3 Å². The van der Waals surface area contributed by atoms with Crippen molar-refractivity contribution in [3.8, 4) is 0 Å². The lowest BCUT2D eigenvalue weighted by atomic mass is 10.1. The van der Waals surface area contributed by atoms with E-state index in [4.69, 9.17) is 4.74 Å². The second-order valence-electron chi connectivity index (χ2n) is 7.67. The number of unbranched alkanes of at least 4 members (excludes halogenated alkanes) is 1. The molecule has 1 aliphatic rings. The number of likely N-dealkylation sites (tertiary alicyclic amines) is 1. The molecule has 1 fully saturated rings. The molecule has 0 atom stereocenters. The maximum Gasteiger partial charge on any atom is 0.338 e. The van der Waals surface area contributed by atoms with Gasteiger partial charge in [0.1, 0.15) is 0 Å². The van der Waals surface area contributed by atoms with Crippen LogP contribution in [0.3, 0.4) is 0 Å². The van der Waals surface area contributed by atoms with E-state index >= 15 is 0 Å². The number of hydrogen-bond acceptors (Lipinski definition) is 5. The minimum Gasteiger partial charge on any atom is -0.462 e. The normalized spacial score (nSPS) is 14.0. The molecule has 32 heavy (non-hydrogen) atoms. The van der Waals surface area contributed by atoms with Crippen LogP contribution in [-0.2, 0) is 14.8 Å². The van der Waals surface area contributed by atoms with Crippen LogP contribution in [0, 0.1) is 0 Å². The fourth-order valence-electron chi connectivity index (χ4n) is 3.30. The first-order valence-corrected chi connectivity index (χ1v) is 12.3. The van der Waals surface area contributed by atoms with Gasteiger partial charge >= 0.3 is 12.0 Å². The van der Waals surface area contributed by atoms with Gasteiger partial charge in [-0.2, -0.15) is 0 Å². The first-order valence-electron chi connectivity index (χ1n) is 10.8. The van der Waals surface area contributed by atoms with Crippen molar-refractivity contribution >= 4 is 33.4 Å². The molecule has 2 aromatic carbocycles. The highest BCUT2D eigenvalue weighted by Crippen LogP contribution is 2.20. The molecule has 1 heterocycles. The van der Waals surface area contributed by atoms with E-state index in [0.717, 1.165) is 45.2 Å². The van der Waals surface area contributed by atoms with Crippen LogP contribution in [0.4, 0.5) is 16.2 Å². The van der Waals surface area contributed by atoms with Gasteiger partial charge in [0.2, 0.25) is 0 Å². The van der Waals surface area contributed by atoms with Crippen LogP contribution in [0.15, 0.2) is 53.4 Å². The second-order valence-corrected chi connectivity index (χ2v) is 9.36. The number of anilines is 2. The van der Waals surface area contributed by atoms with Crippen LogP contribution in [0.25, 0.3) is 0 Å². The quantitative estimate of drug-likeness (QED) is 0.448. The zero-order valence-electron chi connectivity index (χ0n) is 18.2. The Bertz CT molecular complexity index is 1010. The van der Waals surface area contributed by atoms with E-state index in [1.54, 1.807) is 17.0 Å². The number of hydrogen-bond donors (Lipinski definition) is 2. The molecule has 0 spiro atoms. The van der Waals surface area contributed by atoms with Gasteiger partial charge < -0.3 is 15.0 Å². The zero-order valence-corrected chi connectivity index (χ0v) is 19.0. The van der Waals surface area contributed by atoms with E-state index in [2.05, 4.69) is 10.0 Å². The molecule has 0 aromatic heterocycles. The van der Waals surface area contributed by atoms with Gasteiger partial charge in [-0.3, -0.25) is 4.72 Å². The third-order valence-electron chi connectivity index (χ3n) is 5.16. The van der Waals surface area contributed by atoms with Crippen molar-refractivity contribution in [1.82, 2.24) is 4.90 Å². The third-order valence-corrected chi connectivity index (χ3v) is 6.56. The molecule has 172 valence electrons. The molecule has 0 saturated carbocycles. The zero-order chi connectivity index (χ0) is 23.0. The lowest BCUT2D eigenvalue weighted by Crippen LogP contribution is -2.38. The van der Waals surface area contributed by atoms with Crippen molar-refractivity contribution in [3.05, 3.63) is 54.1 Å². The number of ether oxygens (including phenoxy) is 1. The molecule has 0 aliphatic carbocycles. The Morgan fingerprint density at radius 3 is 2.19 bits per heavy atom. The summed E-state index contributed by atoms with van der Waals surface area (Å²) in [6, 6.07) is 11.9. The summed E-state index contributed by atoms with van der Waals surface area (Å²) in [6.45, 7) is 3.83. The summed E-state index contributed by atoms with van der Waals surface area (Å²) in [5, 5.41) is 2.80. The van der Waals surface area contributed by atoms with E-state index in [1.165, 1.54) is 36.4 Å². The Hall–Kier alpha value is -3.07. The maximum atomic E-state index is 12.7. The molecular weight excluding hydrogens is 430 g/mol. The Morgan fingerprint density at radius 1 is 0.938 bits per heavy atom. The van der Waals surface area contributed by atoms with Gasteiger partial charge in [0.25, 0.3) is 10.0 Å². The van der Waals surface area contributed by atoms with Crippen molar-refractivity contribution in [2.45, 2.75) is 43.9 Å². The number of esters is 1. The van der Waals surface area contributed by atoms with Gasteiger partial charge in [-0.15, -0.1) is 0 Å². The SMILES string of the molecule is CCCCOC(=O)c1ccc(NS(=O)(=O)c2ccc(NC(=O)N3CCCCC3)cc2)cc1. The highest BCUT2D eigenvalue weighted by atomic mass is 32.2. The summed E-state index contributed by atoms with van der Waals surface area (Å²) < 4.78 is 33.0. The smallest absolute Gasteiger partial charge is 0.338 e. The summed E-state index contributed by atoms with van der Waals surface area (Å²) in [7, 11) is -3.82. The lowest BCUT2D eigenvalue weighted by Gasteiger charge is -2.26. The summed E-state index contributed by atoms with van der Waals surface area (Å²) in [6.07, 6.45) is 4.85. The number of piperidine rings is 1. The van der Waals surface area contributed by atoms with Gasteiger partial charge in [0.05, 0.1) is 17.1 Å². The number of rotatable bonds is 8. The topological polar surface area (TPSA) is 105 Å². The molecular formula is C23H29N3O5S. The summed E-state index contributed by atoms with van der Waals surface area (Å²) in [5.74, 6) is -0.435. The van der Waals surface area contributed by atoms with E-state index in [1.807, 2.05) is 6.92 Å². The average Bonchev–Trinajstić information content (AvgIpc) is 2.80. The summed E-state index contributed by atoms with van der Waals surface area (Å²) in [4.78, 5) is 26.1. The molecule has 8 nitrogen and oxygen atoms in total. The molecule has 1 aliphatic heterocycles. The molecule has 3 rings (SSSR count). The van der Waals surface area contributed by atoms with E-state index in [9.17, 15) is 18.0 Å². The average molecular weight is 460 g/mol. The fraction of sp³-hybridized carbons (Fsp3) is 0.391. The van der Waals surface area contributed by atoms with Gasteiger partial charge in [0, 0.05) is 24.5 Å². The van der Waals surface area contributed by atoms with E-state index in [-0.39, 0.29) is 10.9 Å². The lowest BCUT2D eigenvalue weighted by molar-refractivity contribution is 0.0499. The van der Waals surface area contributed by atoms with Crippen LogP contribution in [0.5, 0.6) is 0 Å². The Balaban J connectivity index is 1.59. The minimum atomic E-state index is -3.82. The predicted octanol–water partition coefficient (Wildman–Crippen LogP) is 4.46. The number of nitrogens with one attached hydrogen (secondary N) is 2. The van der Waals surface area contributed by atoms with Gasteiger partial charge in [-0.25, -0.2) is 18.0 Å². The van der Waals surface area contributed by atoms with Crippen molar-refractivity contribution in [2.24, 2.45) is 0 Å². The van der Waals surface area contributed by atoms with Gasteiger partial charge in [0.15, 0.2) is 0 Å². The Labute approximate surface area is 189 Å². The molecule has 2 aromatic rings. The number of amides is 2. The predicted molar refractivity (Wildman–Crippen MR) is 123 cm³/mol. The van der Waals surface area contributed by atoms with Crippen molar-refractivity contribution in [3.63, 3.8) is 0 Å². The highest BCUT2D eigenvalue weighted by molar-refractivity contribution is 7.92. The van der Waals surface area contributed by atoms with Crippen LogP contribution >= 0.6 is 0 Å². The molecule has 2 N–H and O–H groups in total. The largest absolute Gasteiger partial charge is 0.462 e. The summed E-state index contributed by atoms with van der Waals surface area (Å²) >= 11 is 0. The van der Waals surface area contributed by atoms with Crippen molar-refractivity contribution < 1.29 is 22.7 Å². The molecule has 1 saturated heterocycles. The first kappa shape index (κ1) is 23.6. The van der Waals surface area contributed by atoms with Crippen LogP contribution in [0.2, 0.25) is 0 Å². The minimum absolute atomic E-state index is 0.0662. The van der Waals surface area contributed by atoms with Crippen LogP contribution in [0.1, 0.15) is 49.4 Å². The number of benzene rings is 2. The molecule has 0 radical (unpaired) electrons. The summed E-state index contributed by atoms with van der Waals surface area (Å²) in [5.41, 5.74) is 1.22. The third kappa shape index (κ3) is 6.46. The van der Waals surface area contributed by atoms with Crippen molar-refractivity contribution in [2.75, 3.05) is 29.7 Å². The number of carbonyl (C=O) groups excluding carboxylic acids is 2. The number of nitrogens with zero attached hydrogens (tertiary/aromatic N) is 1. The standard InChI is InChI=1S/C23H29N3O5S/c1-2-3-17-31-22(27)18-7-9-20(10-8-18)25-32(29,30)21-13-11-19(12-14-21)24-23(28)26-15-5-4-6-16-26/h7-14,25H,2-6,15-17H2,1H3,(H,24,28). The van der Waals surface area contributed by atoms with Gasteiger partial charge in [-0.05, 0) is 74.2 Å². The first-order chi connectivity index (χ1) is 15.4. The van der Waals surface area contributed by atoms with Crippen LogP contribution < -0.4 is 10.0 Å². The molecule has 9 heteroatoms. The fourth-order valence-corrected chi connectivity index (χ4v) is 4.36. The monoisotopic (exact) mass is 459 g/mol. The number of carbonyl (C=O) groups is 2. The number of urea groups is 1. The Morgan fingerprint density at radius 2 is 1.56 bits per heavy atom. The molecule has 0 unspecified atom stereocenters. The van der Waals surface area contributed by atoms with Crippen molar-refractivity contribution in [1.29, 1.82) is 0 Å². The highest BCUT2D eigenvalue weighted by Gasteiger charge is 2.18. The number of sulfonamides is 1. The van der Waals surface area contributed by atoms with Crippen LogP contribution in [-0.4, -0.2) is 45.0 Å². The van der Waals surface area contributed by atoms with E-state index < -0.39 is 16.0 Å². The van der Waals surface area contributed by atoms with E-state index in [0.29, 0.717) is 23.5 Å². The molecule has 0 bridgehead atoms. The Kier molecular flexibility index (Phi) is 8.10. The molecule has 2 amide bonds. The maximum absolute atomic E-state index is 12.7.